The summed E-state index contributed by atoms with van der Waals surface area (Å²) in [5, 5.41) is 6.79. The van der Waals surface area contributed by atoms with Gasteiger partial charge in [-0.2, -0.15) is 5.10 Å². The van der Waals surface area contributed by atoms with Gasteiger partial charge in [-0.3, -0.25) is 19.4 Å². The lowest BCUT2D eigenvalue weighted by Gasteiger charge is -2.32. The van der Waals surface area contributed by atoms with Crippen LogP contribution in [0.4, 0.5) is 0 Å². The van der Waals surface area contributed by atoms with E-state index >= 15 is 0 Å². The highest BCUT2D eigenvalue weighted by Crippen LogP contribution is 2.28. The Morgan fingerprint density at radius 2 is 1.70 bits per heavy atom. The predicted molar refractivity (Wildman–Crippen MR) is 131 cm³/mol. The number of likely N-dealkylation sites (N-methyl/N-ethyl adjacent to an activating group) is 1. The van der Waals surface area contributed by atoms with E-state index in [-0.39, 0.29) is 5.91 Å². The maximum atomic E-state index is 12.8. The zero-order valence-corrected chi connectivity index (χ0v) is 19.8. The number of rotatable bonds is 5. The van der Waals surface area contributed by atoms with Gasteiger partial charge in [0.15, 0.2) is 0 Å². The van der Waals surface area contributed by atoms with E-state index < -0.39 is 0 Å². The van der Waals surface area contributed by atoms with E-state index in [1.807, 2.05) is 29.0 Å². The molecule has 0 radical (unpaired) electrons. The van der Waals surface area contributed by atoms with E-state index in [2.05, 4.69) is 51.2 Å². The number of pyridine rings is 1. The maximum absolute atomic E-state index is 12.8. The number of hydrogen-bond donors (Lipinski definition) is 0. The molecular formula is C26H34N6O. The van der Waals surface area contributed by atoms with Crippen LogP contribution < -0.4 is 0 Å². The average Bonchev–Trinajstić information content (AvgIpc) is 3.19. The number of carbonyl (C=O) groups is 1. The van der Waals surface area contributed by atoms with Crippen LogP contribution in [0, 0.1) is 0 Å². The van der Waals surface area contributed by atoms with Crippen molar-refractivity contribution in [1.29, 1.82) is 0 Å². The third-order valence-corrected chi connectivity index (χ3v) is 7.16. The number of piperazine rings is 1. The summed E-state index contributed by atoms with van der Waals surface area (Å²) < 4.78 is 2.01. The highest BCUT2D eigenvalue weighted by atomic mass is 16.2. The van der Waals surface area contributed by atoms with Crippen molar-refractivity contribution < 1.29 is 4.79 Å². The molecule has 2 fully saturated rings. The van der Waals surface area contributed by atoms with Crippen LogP contribution in [-0.4, -0.2) is 81.7 Å². The summed E-state index contributed by atoms with van der Waals surface area (Å²) in [6.45, 7) is 6.74. The van der Waals surface area contributed by atoms with Crippen LogP contribution in [0.15, 0.2) is 36.7 Å². The van der Waals surface area contributed by atoms with E-state index in [1.165, 1.54) is 49.2 Å². The lowest BCUT2D eigenvalue weighted by molar-refractivity contribution is -0.132. The first kappa shape index (κ1) is 22.0. The fourth-order valence-electron chi connectivity index (χ4n) is 4.99. The molecule has 1 amide bonds. The fourth-order valence-corrected chi connectivity index (χ4v) is 4.99. The van der Waals surface area contributed by atoms with Crippen molar-refractivity contribution in [2.45, 2.75) is 32.2 Å². The van der Waals surface area contributed by atoms with E-state index in [0.29, 0.717) is 6.42 Å². The number of piperidine rings is 1. The Morgan fingerprint density at radius 3 is 2.48 bits per heavy atom. The Morgan fingerprint density at radius 1 is 0.909 bits per heavy atom. The number of carbonyl (C=O) groups excluding carboxylic acids is 1. The van der Waals surface area contributed by atoms with Crippen molar-refractivity contribution in [3.63, 3.8) is 0 Å². The quantitative estimate of drug-likeness (QED) is 0.603. The van der Waals surface area contributed by atoms with E-state index in [1.54, 1.807) is 0 Å². The summed E-state index contributed by atoms with van der Waals surface area (Å²) >= 11 is 0. The topological polar surface area (TPSA) is 57.5 Å². The Kier molecular flexibility index (Phi) is 6.42. The summed E-state index contributed by atoms with van der Waals surface area (Å²) in [7, 11) is 4.14. The molecule has 0 N–H and O–H groups in total. The van der Waals surface area contributed by atoms with E-state index in [9.17, 15) is 4.79 Å². The van der Waals surface area contributed by atoms with Gasteiger partial charge in [0.05, 0.1) is 24.0 Å². The number of aromatic nitrogens is 3. The van der Waals surface area contributed by atoms with Crippen molar-refractivity contribution in [2.24, 2.45) is 7.05 Å². The highest BCUT2D eigenvalue weighted by Gasteiger charge is 2.20. The molecule has 2 aromatic heterocycles. The van der Waals surface area contributed by atoms with E-state index in [4.69, 9.17) is 0 Å². The average molecular weight is 447 g/mol. The second-order valence-corrected chi connectivity index (χ2v) is 9.56. The molecule has 174 valence electrons. The summed E-state index contributed by atoms with van der Waals surface area (Å²) in [4.78, 5) is 24.1. The third-order valence-electron chi connectivity index (χ3n) is 7.16. The van der Waals surface area contributed by atoms with Crippen molar-refractivity contribution in [3.05, 3.63) is 48.0 Å². The van der Waals surface area contributed by atoms with Gasteiger partial charge in [0.25, 0.3) is 0 Å². The van der Waals surface area contributed by atoms with Gasteiger partial charge in [0.2, 0.25) is 5.91 Å². The summed E-state index contributed by atoms with van der Waals surface area (Å²) in [5.41, 5.74) is 4.46. The standard InChI is InChI=1S/C26H34N6O/c1-29-10-12-32(13-11-29)26(33)16-23-15-22-14-20(6-7-21(22)17-27-23)24-18-28-30(2)25(24)19-31-8-4-3-5-9-31/h6-7,14-15,17-18H,3-5,8-13,16,19H2,1-2H3. The van der Waals surface area contributed by atoms with Crippen molar-refractivity contribution in [3.8, 4) is 11.1 Å². The normalized spacial score (nSPS) is 18.2. The number of benzene rings is 1. The van der Waals surface area contributed by atoms with E-state index in [0.717, 1.165) is 49.2 Å². The second-order valence-electron chi connectivity index (χ2n) is 9.56. The van der Waals surface area contributed by atoms with Gasteiger partial charge in [-0.15, -0.1) is 0 Å². The smallest absolute Gasteiger partial charge is 0.228 e. The van der Waals surface area contributed by atoms with Gasteiger partial charge in [0.1, 0.15) is 0 Å². The minimum atomic E-state index is 0.169. The number of nitrogens with zero attached hydrogens (tertiary/aromatic N) is 6. The second kappa shape index (κ2) is 9.61. The van der Waals surface area contributed by atoms with Gasteiger partial charge in [-0.05, 0) is 56.1 Å². The van der Waals surface area contributed by atoms with Crippen LogP contribution in [-0.2, 0) is 24.8 Å². The summed E-state index contributed by atoms with van der Waals surface area (Å²) in [6.07, 6.45) is 8.14. The first-order valence-corrected chi connectivity index (χ1v) is 12.2. The largest absolute Gasteiger partial charge is 0.340 e. The minimum Gasteiger partial charge on any atom is -0.340 e. The minimum absolute atomic E-state index is 0.169. The van der Waals surface area contributed by atoms with Crippen LogP contribution in [0.5, 0.6) is 0 Å². The van der Waals surface area contributed by atoms with Gasteiger partial charge in [-0.1, -0.05) is 18.6 Å². The van der Waals surface area contributed by atoms with Gasteiger partial charge in [-0.25, -0.2) is 0 Å². The Labute approximate surface area is 196 Å². The summed E-state index contributed by atoms with van der Waals surface area (Å²) in [5.74, 6) is 0.169. The number of fused-ring (bicyclic) bond motifs is 1. The van der Waals surface area contributed by atoms with Crippen LogP contribution in [0.3, 0.4) is 0 Å². The van der Waals surface area contributed by atoms with Crippen LogP contribution in [0.2, 0.25) is 0 Å². The molecule has 5 rings (SSSR count). The highest BCUT2D eigenvalue weighted by molar-refractivity contribution is 5.88. The lowest BCUT2D eigenvalue weighted by atomic mass is 10.0. The monoisotopic (exact) mass is 446 g/mol. The lowest BCUT2D eigenvalue weighted by Crippen LogP contribution is -2.47. The molecule has 0 unspecified atom stereocenters. The van der Waals surface area contributed by atoms with Crippen molar-refractivity contribution in [2.75, 3.05) is 46.3 Å². The molecule has 0 saturated carbocycles. The molecule has 2 saturated heterocycles. The zero-order chi connectivity index (χ0) is 22.8. The number of hydrogen-bond acceptors (Lipinski definition) is 5. The first-order chi connectivity index (χ1) is 16.1. The number of aryl methyl sites for hydroxylation is 1. The first-order valence-electron chi connectivity index (χ1n) is 12.2. The molecule has 0 bridgehead atoms. The molecule has 33 heavy (non-hydrogen) atoms. The van der Waals surface area contributed by atoms with Gasteiger partial charge in [0, 0.05) is 56.9 Å². The maximum Gasteiger partial charge on any atom is 0.228 e. The molecule has 7 nitrogen and oxygen atoms in total. The molecule has 0 aliphatic carbocycles. The van der Waals surface area contributed by atoms with Crippen LogP contribution in [0.25, 0.3) is 21.9 Å². The molecule has 3 aromatic rings. The molecule has 1 aromatic carbocycles. The molecular weight excluding hydrogens is 412 g/mol. The van der Waals surface area contributed by atoms with Crippen molar-refractivity contribution in [1.82, 2.24) is 29.5 Å². The molecule has 4 heterocycles. The van der Waals surface area contributed by atoms with Crippen LogP contribution in [0.1, 0.15) is 30.7 Å². The predicted octanol–water partition coefficient (Wildman–Crippen LogP) is 2.94. The Balaban J connectivity index is 1.37. The number of amides is 1. The molecule has 2 aliphatic rings. The third kappa shape index (κ3) is 4.94. The Bertz CT molecular complexity index is 1130. The SMILES string of the molecule is CN1CCN(C(=O)Cc2cc3cc(-c4cnn(C)c4CN4CCCCC4)ccc3cn2)CC1. The summed E-state index contributed by atoms with van der Waals surface area (Å²) in [6, 6.07) is 8.59. The molecule has 0 spiro atoms. The fraction of sp³-hybridized carbons (Fsp3) is 0.500. The van der Waals surface area contributed by atoms with Gasteiger partial charge >= 0.3 is 0 Å². The van der Waals surface area contributed by atoms with Crippen LogP contribution >= 0.6 is 0 Å². The molecule has 7 heteroatoms. The van der Waals surface area contributed by atoms with Crippen molar-refractivity contribution >= 4 is 16.7 Å². The Hall–Kier alpha value is -2.77. The molecule has 0 atom stereocenters. The molecule has 2 aliphatic heterocycles. The zero-order valence-electron chi connectivity index (χ0n) is 19.8. The number of likely N-dealkylation sites (tertiary alicyclic amines) is 1. The van der Waals surface area contributed by atoms with Gasteiger partial charge < -0.3 is 9.80 Å².